The summed E-state index contributed by atoms with van der Waals surface area (Å²) in [7, 11) is -10.5. The van der Waals surface area contributed by atoms with Crippen LogP contribution in [0, 0.1) is 0 Å². The number of rotatable bonds is 9. The van der Waals surface area contributed by atoms with Gasteiger partial charge in [-0.2, -0.15) is 4.31 Å². The zero-order valence-corrected chi connectivity index (χ0v) is 19.9. The van der Waals surface area contributed by atoms with E-state index in [1.165, 1.54) is 10.9 Å². The summed E-state index contributed by atoms with van der Waals surface area (Å²) in [6, 6.07) is -1.20. The Morgan fingerprint density at radius 1 is 0.944 bits per heavy atom. The number of nitrogens with zero attached hydrogens (tertiary/aromatic N) is 4. The second-order valence-corrected chi connectivity index (χ2v) is 10.9. The molecule has 2 aliphatic rings. The van der Waals surface area contributed by atoms with E-state index < -0.39 is 77.9 Å². The lowest BCUT2D eigenvalue weighted by atomic mass is 10.1. The molecule has 2 saturated heterocycles. The number of hydrogen-bond acceptors (Lipinski definition) is 16. The van der Waals surface area contributed by atoms with Crippen molar-refractivity contribution < 1.29 is 62.2 Å². The highest BCUT2D eigenvalue weighted by molar-refractivity contribution is 7.61. The maximum Gasteiger partial charge on any atom is 0.481 e. The van der Waals surface area contributed by atoms with Gasteiger partial charge in [0.05, 0.1) is 25.6 Å². The second kappa shape index (κ2) is 10.2. The van der Waals surface area contributed by atoms with Crippen molar-refractivity contribution in [3.8, 4) is 0 Å². The number of anilines is 1. The van der Waals surface area contributed by atoms with Crippen LogP contribution in [0.5, 0.6) is 0 Å². The SMILES string of the molecule is Nc1ncnc2c1ncn2[C@@H]1O[C@H](COP(=O)(O)OP(=O)(O)OC[C@H]2OC(O)[C@H](N)[C@@H]2O)[C@@H](O)[C@H]1O. The van der Waals surface area contributed by atoms with Gasteiger partial charge in [-0.05, 0) is 0 Å². The van der Waals surface area contributed by atoms with Crippen molar-refractivity contribution >= 4 is 32.6 Å². The molecular weight excluding hydrogens is 534 g/mol. The number of hydrogen-bond donors (Lipinski definition) is 8. The van der Waals surface area contributed by atoms with Crippen LogP contribution in [0.3, 0.4) is 0 Å². The number of ether oxygens (including phenoxy) is 2. The van der Waals surface area contributed by atoms with E-state index in [0.717, 1.165) is 6.33 Å². The predicted molar refractivity (Wildman–Crippen MR) is 113 cm³/mol. The van der Waals surface area contributed by atoms with E-state index in [9.17, 15) is 39.3 Å². The fourth-order valence-electron chi connectivity index (χ4n) is 3.57. The minimum absolute atomic E-state index is 0.0636. The molecule has 2 aromatic heterocycles. The van der Waals surface area contributed by atoms with Crippen LogP contribution in [-0.2, 0) is 32.0 Å². The number of nitrogens with two attached hydrogens (primary N) is 2. The van der Waals surface area contributed by atoms with E-state index in [-0.39, 0.29) is 17.0 Å². The van der Waals surface area contributed by atoms with E-state index in [2.05, 4.69) is 28.3 Å². The fraction of sp³-hybridized carbons (Fsp3) is 0.667. The van der Waals surface area contributed by atoms with Crippen LogP contribution in [0.2, 0.25) is 0 Å². The average Bonchev–Trinajstić information content (AvgIpc) is 3.42. The van der Waals surface area contributed by atoms with Crippen molar-refractivity contribution in [3.05, 3.63) is 12.7 Å². The molecule has 4 rings (SSSR count). The van der Waals surface area contributed by atoms with E-state index >= 15 is 0 Å². The standard InChI is InChI=1S/C15H24N6O13P2/c16-7-9(22)5(33-15(7)25)1-30-35(26,27)34-36(28,29)31-2-6-10(23)11(24)14(32-6)21-4-20-8-12(17)18-3-19-13(8)21/h3-7,9-11,14-15,22-25H,1-2,16H2,(H,26,27)(H,28,29)(H2,17,18,19)/t5-,6-,7-,9-,10-,11-,14-,15?/m1/s1. The zero-order chi connectivity index (χ0) is 26.4. The van der Waals surface area contributed by atoms with Crippen molar-refractivity contribution in [1.82, 2.24) is 19.5 Å². The van der Waals surface area contributed by atoms with Crippen LogP contribution >= 0.6 is 15.6 Å². The largest absolute Gasteiger partial charge is 0.481 e. The summed E-state index contributed by atoms with van der Waals surface area (Å²) in [4.78, 5) is 31.3. The van der Waals surface area contributed by atoms with Gasteiger partial charge in [0.25, 0.3) is 0 Å². The number of phosphoric acid groups is 2. The summed E-state index contributed by atoms with van der Waals surface area (Å²) in [5.74, 6) is 0.0636. The number of imidazole rings is 1. The molecule has 0 spiro atoms. The molecule has 4 heterocycles. The molecule has 36 heavy (non-hydrogen) atoms. The van der Waals surface area contributed by atoms with Crippen molar-refractivity contribution in [2.24, 2.45) is 5.73 Å². The minimum atomic E-state index is -5.28. The zero-order valence-electron chi connectivity index (χ0n) is 18.1. The molecule has 10 N–H and O–H groups in total. The predicted octanol–water partition coefficient (Wildman–Crippen LogP) is -3.32. The van der Waals surface area contributed by atoms with Gasteiger partial charge in [0.1, 0.15) is 42.4 Å². The Bertz CT molecular complexity index is 1190. The molecule has 0 aromatic carbocycles. The molecule has 0 aliphatic carbocycles. The summed E-state index contributed by atoms with van der Waals surface area (Å²) < 4.78 is 49.1. The molecule has 10 atom stereocenters. The van der Waals surface area contributed by atoms with Crippen LogP contribution < -0.4 is 11.5 Å². The summed E-state index contributed by atoms with van der Waals surface area (Å²) >= 11 is 0. The first kappa shape index (κ1) is 27.4. The highest BCUT2D eigenvalue weighted by Gasteiger charge is 2.47. The number of nitrogen functional groups attached to an aromatic ring is 1. The first-order valence-corrected chi connectivity index (χ1v) is 13.2. The van der Waals surface area contributed by atoms with Crippen molar-refractivity contribution in [1.29, 1.82) is 0 Å². The summed E-state index contributed by atoms with van der Waals surface area (Å²) in [5.41, 5.74) is 11.5. The highest BCUT2D eigenvalue weighted by Crippen LogP contribution is 2.60. The maximum absolute atomic E-state index is 12.2. The van der Waals surface area contributed by atoms with Crippen molar-refractivity contribution in [3.63, 3.8) is 0 Å². The molecule has 21 heteroatoms. The summed E-state index contributed by atoms with van der Waals surface area (Å²) in [6.45, 7) is -1.69. The van der Waals surface area contributed by atoms with Gasteiger partial charge < -0.3 is 51.2 Å². The van der Waals surface area contributed by atoms with Crippen LogP contribution in [0.1, 0.15) is 6.23 Å². The van der Waals surface area contributed by atoms with Gasteiger partial charge in [0.15, 0.2) is 24.0 Å². The lowest BCUT2D eigenvalue weighted by molar-refractivity contribution is -0.109. The minimum Gasteiger partial charge on any atom is -0.388 e. The molecule has 2 aromatic rings. The van der Waals surface area contributed by atoms with Gasteiger partial charge >= 0.3 is 15.6 Å². The Morgan fingerprint density at radius 3 is 2.14 bits per heavy atom. The smallest absolute Gasteiger partial charge is 0.388 e. The van der Waals surface area contributed by atoms with Gasteiger partial charge in [-0.3, -0.25) is 13.6 Å². The first-order valence-electron chi connectivity index (χ1n) is 10.2. The van der Waals surface area contributed by atoms with Crippen LogP contribution in [-0.4, -0.2) is 106 Å². The number of aliphatic hydroxyl groups is 4. The summed E-state index contributed by atoms with van der Waals surface area (Å²) in [5, 5.41) is 39.9. The molecule has 3 unspecified atom stereocenters. The highest BCUT2D eigenvalue weighted by atomic mass is 31.3. The number of aliphatic hydroxyl groups excluding tert-OH is 4. The molecule has 0 amide bonds. The molecular formula is C15H24N6O13P2. The van der Waals surface area contributed by atoms with Gasteiger partial charge in [-0.25, -0.2) is 24.1 Å². The Balaban J connectivity index is 1.34. The Hall–Kier alpha value is -1.67. The maximum atomic E-state index is 12.2. The van der Waals surface area contributed by atoms with Gasteiger partial charge in [-0.15, -0.1) is 0 Å². The number of aromatic nitrogens is 4. The molecule has 202 valence electrons. The van der Waals surface area contributed by atoms with Gasteiger partial charge in [0.2, 0.25) is 0 Å². The van der Waals surface area contributed by atoms with E-state index in [1.54, 1.807) is 0 Å². The molecule has 0 saturated carbocycles. The van der Waals surface area contributed by atoms with Crippen LogP contribution in [0.4, 0.5) is 5.82 Å². The van der Waals surface area contributed by atoms with Crippen molar-refractivity contribution in [2.45, 2.75) is 49.1 Å². The van der Waals surface area contributed by atoms with Gasteiger partial charge in [0, 0.05) is 0 Å². The van der Waals surface area contributed by atoms with Crippen LogP contribution in [0.25, 0.3) is 11.2 Å². The van der Waals surface area contributed by atoms with Crippen molar-refractivity contribution in [2.75, 3.05) is 18.9 Å². The Labute approximate surface area is 201 Å². The molecule has 2 aliphatic heterocycles. The third-order valence-corrected chi connectivity index (χ3v) is 8.03. The van der Waals surface area contributed by atoms with E-state index in [4.69, 9.17) is 20.9 Å². The normalized spacial score (nSPS) is 36.2. The van der Waals surface area contributed by atoms with Gasteiger partial charge in [-0.1, -0.05) is 0 Å². The second-order valence-electron chi connectivity index (χ2n) is 7.87. The average molecular weight is 558 g/mol. The lowest BCUT2D eigenvalue weighted by Gasteiger charge is -2.20. The molecule has 2 fully saturated rings. The fourth-order valence-corrected chi connectivity index (χ4v) is 5.66. The monoisotopic (exact) mass is 558 g/mol. The first-order chi connectivity index (χ1) is 16.8. The van der Waals surface area contributed by atoms with Crippen LogP contribution in [0.15, 0.2) is 12.7 Å². The number of fused-ring (bicyclic) bond motifs is 1. The molecule has 0 radical (unpaired) electrons. The summed E-state index contributed by atoms with van der Waals surface area (Å²) in [6.07, 6.45) is -7.77. The molecule has 0 bridgehead atoms. The third-order valence-electron chi connectivity index (χ3n) is 5.43. The Morgan fingerprint density at radius 2 is 1.56 bits per heavy atom. The van der Waals surface area contributed by atoms with E-state index in [0.29, 0.717) is 0 Å². The number of phosphoric ester groups is 2. The Kier molecular flexibility index (Phi) is 7.78. The topological polar surface area (TPSA) is 297 Å². The lowest BCUT2D eigenvalue weighted by Crippen LogP contribution is -2.41. The molecule has 19 nitrogen and oxygen atoms in total. The van der Waals surface area contributed by atoms with E-state index in [1.807, 2.05) is 0 Å². The third kappa shape index (κ3) is 5.59. The quantitative estimate of drug-likeness (QED) is 0.140.